The maximum Gasteiger partial charge on any atom is 0.223 e. The number of nitrogens with one attached hydrogen (secondary N) is 1. The van der Waals surface area contributed by atoms with Gasteiger partial charge in [0, 0.05) is 25.5 Å². The summed E-state index contributed by atoms with van der Waals surface area (Å²) in [6.07, 6.45) is 0. The monoisotopic (exact) mass is 479 g/mol. The SMILES string of the molecule is CCNC(=NCc1noc(C)n1)N(C)CCOc1cccc(Cl)c1.I. The lowest BCUT2D eigenvalue weighted by Crippen LogP contribution is -2.40. The summed E-state index contributed by atoms with van der Waals surface area (Å²) in [4.78, 5) is 10.6. The predicted octanol–water partition coefficient (Wildman–Crippen LogP) is 3.13. The molecule has 1 aromatic carbocycles. The van der Waals surface area contributed by atoms with E-state index in [1.54, 1.807) is 13.0 Å². The standard InChI is InChI=1S/C16H22ClN5O2.HI/c1-4-18-16(19-11-15-20-12(2)24-21-15)22(3)8-9-23-14-7-5-6-13(17)10-14;/h5-7,10H,4,8-9,11H2,1-3H3,(H,18,19);1H. The van der Waals surface area contributed by atoms with E-state index in [-0.39, 0.29) is 24.0 Å². The van der Waals surface area contributed by atoms with Gasteiger partial charge in [-0.25, -0.2) is 4.99 Å². The average molecular weight is 480 g/mol. The number of benzene rings is 1. The van der Waals surface area contributed by atoms with Crippen molar-refractivity contribution in [3.05, 3.63) is 41.0 Å². The van der Waals surface area contributed by atoms with Crippen molar-refractivity contribution < 1.29 is 9.26 Å². The zero-order chi connectivity index (χ0) is 17.4. The smallest absolute Gasteiger partial charge is 0.223 e. The van der Waals surface area contributed by atoms with E-state index in [4.69, 9.17) is 20.9 Å². The van der Waals surface area contributed by atoms with Gasteiger partial charge in [-0.3, -0.25) is 0 Å². The molecule has 1 N–H and O–H groups in total. The predicted molar refractivity (Wildman–Crippen MR) is 109 cm³/mol. The minimum atomic E-state index is 0. The molecule has 9 heteroatoms. The van der Waals surface area contributed by atoms with Crippen LogP contribution >= 0.6 is 35.6 Å². The molecule has 0 unspecified atom stereocenters. The average Bonchev–Trinajstić information content (AvgIpc) is 2.97. The largest absolute Gasteiger partial charge is 0.492 e. The highest BCUT2D eigenvalue weighted by Gasteiger charge is 2.07. The molecule has 2 aromatic rings. The summed E-state index contributed by atoms with van der Waals surface area (Å²) < 4.78 is 10.6. The van der Waals surface area contributed by atoms with Crippen LogP contribution in [0.5, 0.6) is 5.75 Å². The van der Waals surface area contributed by atoms with E-state index < -0.39 is 0 Å². The molecule has 1 heterocycles. The number of aliphatic imine (C=N–C) groups is 1. The Balaban J connectivity index is 0.00000312. The van der Waals surface area contributed by atoms with Crippen LogP contribution in [-0.2, 0) is 6.54 Å². The second-order valence-corrected chi connectivity index (χ2v) is 5.56. The van der Waals surface area contributed by atoms with Crippen LogP contribution in [0.2, 0.25) is 5.02 Å². The van der Waals surface area contributed by atoms with Crippen LogP contribution in [0.3, 0.4) is 0 Å². The van der Waals surface area contributed by atoms with Crippen molar-refractivity contribution in [2.24, 2.45) is 4.99 Å². The van der Waals surface area contributed by atoms with E-state index in [2.05, 4.69) is 20.4 Å². The molecule has 0 fully saturated rings. The number of likely N-dealkylation sites (N-methyl/N-ethyl adjacent to an activating group) is 1. The summed E-state index contributed by atoms with van der Waals surface area (Å²) in [6, 6.07) is 7.35. The van der Waals surface area contributed by atoms with E-state index >= 15 is 0 Å². The fourth-order valence-corrected chi connectivity index (χ4v) is 2.16. The van der Waals surface area contributed by atoms with Gasteiger partial charge in [-0.15, -0.1) is 24.0 Å². The Kier molecular flexibility index (Phi) is 9.58. The minimum absolute atomic E-state index is 0. The molecule has 1 aromatic heterocycles. The first-order valence-electron chi connectivity index (χ1n) is 7.75. The molecule has 0 amide bonds. The Morgan fingerprint density at radius 1 is 1.44 bits per heavy atom. The number of nitrogens with zero attached hydrogens (tertiary/aromatic N) is 4. The first kappa shape index (κ1) is 21.5. The molecule has 0 atom stereocenters. The second kappa shape index (κ2) is 11.1. The summed E-state index contributed by atoms with van der Waals surface area (Å²) in [5.74, 6) is 2.61. The summed E-state index contributed by atoms with van der Waals surface area (Å²) in [5, 5.41) is 7.73. The van der Waals surface area contributed by atoms with E-state index in [0.717, 1.165) is 18.3 Å². The van der Waals surface area contributed by atoms with Crippen molar-refractivity contribution in [1.82, 2.24) is 20.4 Å². The molecule has 0 saturated carbocycles. The molecule has 138 valence electrons. The summed E-state index contributed by atoms with van der Waals surface area (Å²) in [7, 11) is 1.95. The van der Waals surface area contributed by atoms with Crippen LogP contribution < -0.4 is 10.1 Å². The number of aromatic nitrogens is 2. The van der Waals surface area contributed by atoms with E-state index in [9.17, 15) is 0 Å². The fraction of sp³-hybridized carbons (Fsp3) is 0.438. The van der Waals surface area contributed by atoms with Crippen LogP contribution in [0.15, 0.2) is 33.8 Å². The molecule has 2 rings (SSSR count). The van der Waals surface area contributed by atoms with E-state index in [0.29, 0.717) is 36.4 Å². The van der Waals surface area contributed by atoms with E-state index in [1.807, 2.05) is 37.1 Å². The van der Waals surface area contributed by atoms with Gasteiger partial charge in [0.05, 0.1) is 6.54 Å². The van der Waals surface area contributed by atoms with Gasteiger partial charge in [0.1, 0.15) is 18.9 Å². The molecule has 0 aliphatic rings. The Morgan fingerprint density at radius 3 is 2.88 bits per heavy atom. The minimum Gasteiger partial charge on any atom is -0.492 e. The van der Waals surface area contributed by atoms with Gasteiger partial charge in [-0.05, 0) is 25.1 Å². The number of ether oxygens (including phenoxy) is 1. The van der Waals surface area contributed by atoms with Crippen molar-refractivity contribution in [3.63, 3.8) is 0 Å². The molecule has 0 saturated heterocycles. The summed E-state index contributed by atoms with van der Waals surface area (Å²) in [5.41, 5.74) is 0. The Bertz CT molecular complexity index is 680. The van der Waals surface area contributed by atoms with Crippen LogP contribution in [0.1, 0.15) is 18.6 Å². The lowest BCUT2D eigenvalue weighted by atomic mass is 10.3. The quantitative estimate of drug-likeness (QED) is 0.374. The molecule has 25 heavy (non-hydrogen) atoms. The van der Waals surface area contributed by atoms with Crippen LogP contribution in [0.25, 0.3) is 0 Å². The molecule has 0 aliphatic carbocycles. The van der Waals surface area contributed by atoms with E-state index in [1.165, 1.54) is 0 Å². The molecule has 0 spiro atoms. The highest BCUT2D eigenvalue weighted by Crippen LogP contribution is 2.16. The third-order valence-corrected chi connectivity index (χ3v) is 3.36. The van der Waals surface area contributed by atoms with Crippen LogP contribution in [-0.4, -0.2) is 47.7 Å². The number of guanidine groups is 1. The van der Waals surface area contributed by atoms with Gasteiger partial charge in [0.15, 0.2) is 11.8 Å². The lowest BCUT2D eigenvalue weighted by Gasteiger charge is -2.22. The number of aryl methyl sites for hydroxylation is 1. The Morgan fingerprint density at radius 2 is 2.24 bits per heavy atom. The van der Waals surface area contributed by atoms with Crippen LogP contribution in [0.4, 0.5) is 0 Å². The molecule has 0 bridgehead atoms. The number of halogens is 2. The Hall–Kier alpha value is -1.55. The maximum absolute atomic E-state index is 5.94. The van der Waals surface area contributed by atoms with Crippen molar-refractivity contribution in [2.45, 2.75) is 20.4 Å². The normalized spacial score (nSPS) is 11.0. The maximum atomic E-state index is 5.94. The molecular formula is C16H23ClIN5O2. The van der Waals surface area contributed by atoms with Crippen molar-refractivity contribution in [1.29, 1.82) is 0 Å². The first-order chi connectivity index (χ1) is 11.6. The van der Waals surface area contributed by atoms with Crippen molar-refractivity contribution >= 4 is 41.5 Å². The third-order valence-electron chi connectivity index (χ3n) is 3.13. The highest BCUT2D eigenvalue weighted by molar-refractivity contribution is 14.0. The van der Waals surface area contributed by atoms with Crippen molar-refractivity contribution in [3.8, 4) is 5.75 Å². The van der Waals surface area contributed by atoms with Gasteiger partial charge in [-0.2, -0.15) is 4.98 Å². The van der Waals surface area contributed by atoms with Gasteiger partial charge in [-0.1, -0.05) is 22.8 Å². The van der Waals surface area contributed by atoms with Crippen molar-refractivity contribution in [2.75, 3.05) is 26.7 Å². The first-order valence-corrected chi connectivity index (χ1v) is 8.13. The Labute approximate surface area is 169 Å². The molecule has 0 radical (unpaired) electrons. The molecule has 0 aliphatic heterocycles. The third kappa shape index (κ3) is 7.47. The number of rotatable bonds is 7. The zero-order valence-electron chi connectivity index (χ0n) is 14.5. The lowest BCUT2D eigenvalue weighted by molar-refractivity contribution is 0.281. The molecular weight excluding hydrogens is 457 g/mol. The van der Waals surface area contributed by atoms with Gasteiger partial charge in [0.25, 0.3) is 0 Å². The highest BCUT2D eigenvalue weighted by atomic mass is 127. The fourth-order valence-electron chi connectivity index (χ4n) is 1.98. The molecule has 7 nitrogen and oxygen atoms in total. The number of hydrogen-bond donors (Lipinski definition) is 1. The topological polar surface area (TPSA) is 75.8 Å². The summed E-state index contributed by atoms with van der Waals surface area (Å²) in [6.45, 7) is 6.09. The second-order valence-electron chi connectivity index (χ2n) is 5.13. The van der Waals surface area contributed by atoms with Gasteiger partial charge in [0.2, 0.25) is 5.89 Å². The van der Waals surface area contributed by atoms with Crippen LogP contribution in [0, 0.1) is 6.92 Å². The van der Waals surface area contributed by atoms with Gasteiger partial charge < -0.3 is 19.5 Å². The van der Waals surface area contributed by atoms with Gasteiger partial charge >= 0.3 is 0 Å². The number of hydrogen-bond acceptors (Lipinski definition) is 5. The summed E-state index contributed by atoms with van der Waals surface area (Å²) >= 11 is 5.94. The zero-order valence-corrected chi connectivity index (χ0v) is 17.6.